The average molecular weight is 455 g/mol. The van der Waals surface area contributed by atoms with Gasteiger partial charge in [0.15, 0.2) is 0 Å². The molecule has 158 valence electrons. The third-order valence-corrected chi connectivity index (χ3v) is 6.83. The van der Waals surface area contributed by atoms with E-state index in [-0.39, 0.29) is 6.09 Å². The van der Waals surface area contributed by atoms with E-state index in [1.165, 1.54) is 0 Å². The van der Waals surface area contributed by atoms with Crippen molar-refractivity contribution in [3.05, 3.63) is 58.3 Å². The SMILES string of the molecule is N#Cc1ccc2ncn(C[C@H]3CCCC4(C3)CN(c3cc(Cl)ccc3Cl)C(=O)O4)c2c1. The second-order valence-electron chi connectivity index (χ2n) is 8.41. The fourth-order valence-electron chi connectivity index (χ4n) is 4.89. The molecule has 0 bridgehead atoms. The van der Waals surface area contributed by atoms with E-state index in [0.717, 1.165) is 43.3 Å². The minimum absolute atomic E-state index is 0.333. The van der Waals surface area contributed by atoms with Crippen LogP contribution in [-0.2, 0) is 11.3 Å². The minimum Gasteiger partial charge on any atom is -0.441 e. The molecule has 1 spiro atoms. The van der Waals surface area contributed by atoms with Crippen LogP contribution in [0.15, 0.2) is 42.7 Å². The van der Waals surface area contributed by atoms with Gasteiger partial charge in [-0.1, -0.05) is 23.2 Å². The maximum Gasteiger partial charge on any atom is 0.415 e. The Bertz CT molecular complexity index is 1220. The first-order valence-corrected chi connectivity index (χ1v) is 11.0. The van der Waals surface area contributed by atoms with Gasteiger partial charge in [-0.05, 0) is 68.0 Å². The van der Waals surface area contributed by atoms with Crippen molar-refractivity contribution >= 4 is 46.0 Å². The minimum atomic E-state index is -0.528. The number of aromatic nitrogens is 2. The first-order valence-electron chi connectivity index (χ1n) is 10.3. The molecule has 0 N–H and O–H groups in total. The number of imidazole rings is 1. The third kappa shape index (κ3) is 3.73. The van der Waals surface area contributed by atoms with Crippen LogP contribution in [0.2, 0.25) is 10.0 Å². The molecule has 1 saturated heterocycles. The molecule has 2 aliphatic rings. The fraction of sp³-hybridized carbons (Fsp3) is 0.348. The van der Waals surface area contributed by atoms with Crippen molar-refractivity contribution in [3.8, 4) is 6.07 Å². The van der Waals surface area contributed by atoms with Gasteiger partial charge in [-0.25, -0.2) is 9.78 Å². The Kier molecular flexibility index (Phi) is 5.04. The van der Waals surface area contributed by atoms with Crippen LogP contribution in [0.3, 0.4) is 0 Å². The molecule has 8 heteroatoms. The van der Waals surface area contributed by atoms with Crippen LogP contribution in [0.25, 0.3) is 11.0 Å². The quantitative estimate of drug-likeness (QED) is 0.501. The summed E-state index contributed by atoms with van der Waals surface area (Å²) in [5.74, 6) is 0.333. The number of nitrogens with zero attached hydrogens (tertiary/aromatic N) is 4. The van der Waals surface area contributed by atoms with Crippen molar-refractivity contribution in [1.29, 1.82) is 5.26 Å². The molecule has 1 aromatic heterocycles. The van der Waals surface area contributed by atoms with E-state index in [4.69, 9.17) is 27.9 Å². The molecule has 6 nitrogen and oxygen atoms in total. The smallest absolute Gasteiger partial charge is 0.415 e. The summed E-state index contributed by atoms with van der Waals surface area (Å²) >= 11 is 12.5. The lowest BCUT2D eigenvalue weighted by molar-refractivity contribution is 0.00439. The number of carbonyl (C=O) groups is 1. The second-order valence-corrected chi connectivity index (χ2v) is 9.25. The van der Waals surface area contributed by atoms with E-state index >= 15 is 0 Å². The highest BCUT2D eigenvalue weighted by molar-refractivity contribution is 6.35. The van der Waals surface area contributed by atoms with Gasteiger partial charge in [0.05, 0.1) is 46.2 Å². The Balaban J connectivity index is 1.37. The van der Waals surface area contributed by atoms with Crippen LogP contribution in [0.5, 0.6) is 0 Å². The number of nitriles is 1. The molecule has 31 heavy (non-hydrogen) atoms. The number of ether oxygens (including phenoxy) is 1. The van der Waals surface area contributed by atoms with Crippen molar-refractivity contribution in [1.82, 2.24) is 9.55 Å². The lowest BCUT2D eigenvalue weighted by atomic mass is 9.78. The largest absolute Gasteiger partial charge is 0.441 e. The van der Waals surface area contributed by atoms with Crippen molar-refractivity contribution in [2.45, 2.75) is 37.8 Å². The molecule has 1 unspecified atom stereocenters. The Morgan fingerprint density at radius 1 is 1.26 bits per heavy atom. The number of fused-ring (bicyclic) bond motifs is 1. The van der Waals surface area contributed by atoms with Gasteiger partial charge in [0.2, 0.25) is 0 Å². The molecular formula is C23H20Cl2N4O2. The van der Waals surface area contributed by atoms with E-state index in [1.807, 2.05) is 18.5 Å². The summed E-state index contributed by atoms with van der Waals surface area (Å²) in [7, 11) is 0. The molecule has 1 aliphatic heterocycles. The van der Waals surface area contributed by atoms with Gasteiger partial charge in [-0.2, -0.15) is 5.26 Å². The number of halogens is 2. The van der Waals surface area contributed by atoms with Crippen LogP contribution < -0.4 is 4.90 Å². The maximum atomic E-state index is 12.7. The molecule has 1 aliphatic carbocycles. The highest BCUT2D eigenvalue weighted by Gasteiger charge is 2.48. The summed E-state index contributed by atoms with van der Waals surface area (Å²) in [4.78, 5) is 18.8. The summed E-state index contributed by atoms with van der Waals surface area (Å²) in [5.41, 5.74) is 2.50. The summed E-state index contributed by atoms with van der Waals surface area (Å²) in [6.07, 6.45) is 5.07. The summed E-state index contributed by atoms with van der Waals surface area (Å²) in [5, 5.41) is 10.2. The number of hydrogen-bond donors (Lipinski definition) is 0. The molecule has 2 aromatic carbocycles. The number of carbonyl (C=O) groups excluding carboxylic acids is 1. The van der Waals surface area contributed by atoms with Gasteiger partial charge in [0, 0.05) is 11.6 Å². The van der Waals surface area contributed by atoms with E-state index in [0.29, 0.717) is 33.8 Å². The van der Waals surface area contributed by atoms with Crippen molar-refractivity contribution < 1.29 is 9.53 Å². The second kappa shape index (κ2) is 7.74. The van der Waals surface area contributed by atoms with Crippen LogP contribution in [0.1, 0.15) is 31.2 Å². The lowest BCUT2D eigenvalue weighted by Crippen LogP contribution is -2.40. The summed E-state index contributed by atoms with van der Waals surface area (Å²) in [6, 6.07) is 12.8. The topological polar surface area (TPSA) is 71.2 Å². The number of benzene rings is 2. The molecule has 1 saturated carbocycles. The van der Waals surface area contributed by atoms with Crippen LogP contribution >= 0.6 is 23.2 Å². The molecule has 0 radical (unpaired) electrons. The lowest BCUT2D eigenvalue weighted by Gasteiger charge is -2.36. The zero-order valence-corrected chi connectivity index (χ0v) is 18.2. The van der Waals surface area contributed by atoms with Crippen molar-refractivity contribution in [3.63, 3.8) is 0 Å². The normalized spacial score (nSPS) is 23.3. The van der Waals surface area contributed by atoms with Crippen LogP contribution in [0, 0.1) is 17.2 Å². The number of amides is 1. The fourth-order valence-corrected chi connectivity index (χ4v) is 5.27. The van der Waals surface area contributed by atoms with Gasteiger partial charge in [0.25, 0.3) is 0 Å². The predicted molar refractivity (Wildman–Crippen MR) is 119 cm³/mol. The molecule has 3 aromatic rings. The van der Waals surface area contributed by atoms with Gasteiger partial charge in [-0.15, -0.1) is 0 Å². The number of anilines is 1. The van der Waals surface area contributed by atoms with Gasteiger partial charge in [-0.3, -0.25) is 4.90 Å². The first-order chi connectivity index (χ1) is 15.0. The Hall–Kier alpha value is -2.75. The monoisotopic (exact) mass is 454 g/mol. The summed E-state index contributed by atoms with van der Waals surface area (Å²) < 4.78 is 8.04. The average Bonchev–Trinajstić information content (AvgIpc) is 3.30. The van der Waals surface area contributed by atoms with Crippen molar-refractivity contribution in [2.24, 2.45) is 5.92 Å². The molecule has 5 rings (SSSR count). The Morgan fingerprint density at radius 2 is 2.13 bits per heavy atom. The van der Waals surface area contributed by atoms with Gasteiger partial charge < -0.3 is 9.30 Å². The number of hydrogen-bond acceptors (Lipinski definition) is 4. The predicted octanol–water partition coefficient (Wildman–Crippen LogP) is 5.80. The highest BCUT2D eigenvalue weighted by atomic mass is 35.5. The number of rotatable bonds is 3. The van der Waals surface area contributed by atoms with E-state index in [9.17, 15) is 10.1 Å². The molecular weight excluding hydrogens is 435 g/mol. The van der Waals surface area contributed by atoms with E-state index in [2.05, 4.69) is 15.6 Å². The molecule has 2 atom stereocenters. The Labute approximate surface area is 189 Å². The van der Waals surface area contributed by atoms with E-state index in [1.54, 1.807) is 29.2 Å². The standard InChI is InChI=1S/C23H20Cl2N4O2/c24-17-4-5-18(25)20(9-17)29-13-23(31-22(29)30)7-1-2-16(10-23)12-28-14-27-19-6-3-15(11-26)8-21(19)28/h3-6,8-9,14,16H,1-2,7,10,12-13H2/t16-,23?/m0/s1. The van der Waals surface area contributed by atoms with Gasteiger partial charge in [0.1, 0.15) is 5.60 Å². The zero-order chi connectivity index (χ0) is 21.6. The zero-order valence-electron chi connectivity index (χ0n) is 16.7. The van der Waals surface area contributed by atoms with E-state index < -0.39 is 5.60 Å². The molecule has 2 fully saturated rings. The van der Waals surface area contributed by atoms with Crippen LogP contribution in [-0.4, -0.2) is 27.8 Å². The summed E-state index contributed by atoms with van der Waals surface area (Å²) in [6.45, 7) is 1.23. The molecule has 2 heterocycles. The third-order valence-electron chi connectivity index (χ3n) is 6.28. The molecule has 1 amide bonds. The highest BCUT2D eigenvalue weighted by Crippen LogP contribution is 2.43. The van der Waals surface area contributed by atoms with Crippen molar-refractivity contribution in [2.75, 3.05) is 11.4 Å². The first kappa shape index (κ1) is 20.2. The van der Waals surface area contributed by atoms with Crippen LogP contribution in [0.4, 0.5) is 10.5 Å². The maximum absolute atomic E-state index is 12.7. The van der Waals surface area contributed by atoms with Gasteiger partial charge >= 0.3 is 6.09 Å². The Morgan fingerprint density at radius 3 is 2.97 bits per heavy atom.